The van der Waals surface area contributed by atoms with E-state index in [1.54, 1.807) is 12.1 Å². The number of aromatic nitrogens is 3. The van der Waals surface area contributed by atoms with Crippen LogP contribution in [0.5, 0.6) is 0 Å². The molecule has 3 aromatic carbocycles. The van der Waals surface area contributed by atoms with E-state index >= 15 is 0 Å². The molecule has 0 saturated carbocycles. The molecule has 0 fully saturated rings. The average Bonchev–Trinajstić information content (AvgIpc) is 3.08. The Morgan fingerprint density at radius 3 is 1.33 bits per heavy atom. The molecule has 0 spiro atoms. The van der Waals surface area contributed by atoms with Gasteiger partial charge in [-0.2, -0.15) is 0 Å². The lowest BCUT2D eigenvalue weighted by molar-refractivity contribution is 0.632. The Balaban J connectivity index is 0.000000177. The highest BCUT2D eigenvalue weighted by Gasteiger charge is 2.02. The summed E-state index contributed by atoms with van der Waals surface area (Å²) in [4.78, 5) is 37.0. The maximum atomic E-state index is 11.7. The highest BCUT2D eigenvalue weighted by Crippen LogP contribution is 2.12. The SMILES string of the molecule is CCCCC.CCCCn1c(=O)ccc2ccccc21.CCCCn1c(=O)ccc2ccccc21.O=c1ccc2ccccc2[nH]1. The number of nitrogens with one attached hydrogen (secondary N) is 1. The predicted octanol–water partition coefficient (Wildman–Crippen LogP) is 9.33. The van der Waals surface area contributed by atoms with Crippen LogP contribution < -0.4 is 16.7 Å². The molecule has 0 aliphatic heterocycles. The smallest absolute Gasteiger partial charge is 0.251 e. The Morgan fingerprint density at radius 2 is 0.870 bits per heavy atom. The van der Waals surface area contributed by atoms with E-state index in [0.717, 1.165) is 71.5 Å². The lowest BCUT2D eigenvalue weighted by atomic mass is 10.2. The molecule has 6 heteroatoms. The van der Waals surface area contributed by atoms with Gasteiger partial charge in [-0.1, -0.05) is 114 Å². The molecule has 0 aliphatic rings. The van der Waals surface area contributed by atoms with Gasteiger partial charge in [0.25, 0.3) is 11.1 Å². The first-order valence-corrected chi connectivity index (χ1v) is 16.7. The van der Waals surface area contributed by atoms with E-state index in [9.17, 15) is 14.4 Å². The minimum absolute atomic E-state index is 0.0521. The van der Waals surface area contributed by atoms with Crippen LogP contribution in [0.1, 0.15) is 72.6 Å². The van der Waals surface area contributed by atoms with Gasteiger partial charge in [0, 0.05) is 36.8 Å². The zero-order chi connectivity index (χ0) is 33.1. The number of benzene rings is 3. The normalized spacial score (nSPS) is 10.3. The molecule has 0 unspecified atom stereocenters. The van der Waals surface area contributed by atoms with Gasteiger partial charge in [0.2, 0.25) is 5.56 Å². The first-order chi connectivity index (χ1) is 22.4. The van der Waals surface area contributed by atoms with Crippen LogP contribution in [-0.4, -0.2) is 14.1 Å². The Kier molecular flexibility index (Phi) is 15.3. The van der Waals surface area contributed by atoms with E-state index in [4.69, 9.17) is 0 Å². The molecule has 0 amide bonds. The van der Waals surface area contributed by atoms with E-state index in [1.807, 2.05) is 100 Å². The Hall–Kier alpha value is -4.71. The summed E-state index contributed by atoms with van der Waals surface area (Å²) in [6.45, 7) is 10.3. The van der Waals surface area contributed by atoms with Crippen molar-refractivity contribution in [1.82, 2.24) is 14.1 Å². The number of H-pyrrole nitrogens is 1. The number of pyridine rings is 3. The molecule has 6 rings (SSSR count). The van der Waals surface area contributed by atoms with Gasteiger partial charge in [0.1, 0.15) is 0 Å². The number of unbranched alkanes of at least 4 members (excludes halogenated alkanes) is 4. The van der Waals surface area contributed by atoms with Gasteiger partial charge in [-0.05, 0) is 65.4 Å². The lowest BCUT2D eigenvalue weighted by Gasteiger charge is -2.08. The molecular weight excluding hydrogens is 570 g/mol. The quantitative estimate of drug-likeness (QED) is 0.184. The van der Waals surface area contributed by atoms with Crippen LogP contribution >= 0.6 is 0 Å². The largest absolute Gasteiger partial charge is 0.322 e. The van der Waals surface area contributed by atoms with E-state index in [-0.39, 0.29) is 16.7 Å². The molecule has 3 heterocycles. The second kappa shape index (κ2) is 19.6. The fourth-order valence-electron chi connectivity index (χ4n) is 5.03. The second-order valence-electron chi connectivity index (χ2n) is 11.2. The molecule has 0 atom stereocenters. The highest BCUT2D eigenvalue weighted by molar-refractivity contribution is 5.79. The van der Waals surface area contributed by atoms with Crippen molar-refractivity contribution < 1.29 is 0 Å². The summed E-state index contributed by atoms with van der Waals surface area (Å²) < 4.78 is 3.72. The minimum Gasteiger partial charge on any atom is -0.322 e. The third-order valence-corrected chi connectivity index (χ3v) is 7.61. The van der Waals surface area contributed by atoms with Gasteiger partial charge >= 0.3 is 0 Å². The first-order valence-electron chi connectivity index (χ1n) is 16.7. The van der Waals surface area contributed by atoms with Crippen molar-refractivity contribution in [3.05, 3.63) is 140 Å². The Bertz CT molecular complexity index is 1850. The number of aromatic amines is 1. The third kappa shape index (κ3) is 10.7. The van der Waals surface area contributed by atoms with Crippen LogP contribution in [0.25, 0.3) is 32.7 Å². The van der Waals surface area contributed by atoms with Crippen LogP contribution in [0.2, 0.25) is 0 Å². The van der Waals surface area contributed by atoms with Crippen molar-refractivity contribution >= 4 is 32.7 Å². The van der Waals surface area contributed by atoms with Crippen molar-refractivity contribution in [3.63, 3.8) is 0 Å². The Morgan fingerprint density at radius 1 is 0.457 bits per heavy atom. The van der Waals surface area contributed by atoms with Gasteiger partial charge in [-0.25, -0.2) is 0 Å². The topological polar surface area (TPSA) is 76.9 Å². The predicted molar refractivity (Wildman–Crippen MR) is 196 cm³/mol. The molecule has 6 aromatic rings. The monoisotopic (exact) mass is 619 g/mol. The summed E-state index contributed by atoms with van der Waals surface area (Å²) in [5.41, 5.74) is 3.12. The van der Waals surface area contributed by atoms with Crippen LogP contribution in [0.15, 0.2) is 124 Å². The van der Waals surface area contributed by atoms with Gasteiger partial charge < -0.3 is 14.1 Å². The fourth-order valence-corrected chi connectivity index (χ4v) is 5.03. The zero-order valence-corrected chi connectivity index (χ0v) is 27.9. The molecule has 3 aromatic heterocycles. The number of hydrogen-bond donors (Lipinski definition) is 1. The summed E-state index contributed by atoms with van der Waals surface area (Å²) in [6, 6.07) is 34.2. The fraction of sp³-hybridized carbons (Fsp3) is 0.325. The number of nitrogens with zero attached hydrogens (tertiary/aromatic N) is 2. The second-order valence-corrected chi connectivity index (χ2v) is 11.2. The third-order valence-electron chi connectivity index (χ3n) is 7.61. The van der Waals surface area contributed by atoms with E-state index < -0.39 is 0 Å². The molecule has 242 valence electrons. The number of rotatable bonds is 8. The van der Waals surface area contributed by atoms with Gasteiger partial charge in [0.15, 0.2) is 0 Å². The molecule has 1 N–H and O–H groups in total. The molecule has 0 bridgehead atoms. The van der Waals surface area contributed by atoms with Crippen molar-refractivity contribution in [1.29, 1.82) is 0 Å². The van der Waals surface area contributed by atoms with Crippen molar-refractivity contribution in [2.75, 3.05) is 0 Å². The van der Waals surface area contributed by atoms with E-state index in [0.29, 0.717) is 0 Å². The summed E-state index contributed by atoms with van der Waals surface area (Å²) >= 11 is 0. The van der Waals surface area contributed by atoms with Gasteiger partial charge in [0.05, 0.1) is 11.0 Å². The number of fused-ring (bicyclic) bond motifs is 3. The summed E-state index contributed by atoms with van der Waals surface area (Å²) in [7, 11) is 0. The average molecular weight is 620 g/mol. The van der Waals surface area contributed by atoms with Crippen molar-refractivity contribution in [2.45, 2.75) is 85.7 Å². The first kappa shape index (κ1) is 35.8. The van der Waals surface area contributed by atoms with E-state index in [2.05, 4.69) is 32.7 Å². The zero-order valence-electron chi connectivity index (χ0n) is 27.9. The number of para-hydroxylation sites is 3. The minimum atomic E-state index is -0.0521. The molecule has 46 heavy (non-hydrogen) atoms. The van der Waals surface area contributed by atoms with Crippen LogP contribution in [0.4, 0.5) is 0 Å². The molecule has 0 saturated heterocycles. The lowest BCUT2D eigenvalue weighted by Crippen LogP contribution is -2.19. The van der Waals surface area contributed by atoms with Gasteiger partial charge in [-0.3, -0.25) is 14.4 Å². The van der Waals surface area contributed by atoms with Crippen molar-refractivity contribution in [2.24, 2.45) is 0 Å². The summed E-state index contributed by atoms with van der Waals surface area (Å²) in [6.07, 6.45) is 8.39. The molecule has 0 radical (unpaired) electrons. The van der Waals surface area contributed by atoms with Crippen LogP contribution in [-0.2, 0) is 13.1 Å². The summed E-state index contributed by atoms with van der Waals surface area (Å²) in [5.74, 6) is 0. The maximum Gasteiger partial charge on any atom is 0.251 e. The van der Waals surface area contributed by atoms with Crippen LogP contribution in [0, 0.1) is 0 Å². The Labute approximate surface area is 272 Å². The number of hydrogen-bond acceptors (Lipinski definition) is 3. The standard InChI is InChI=1S/2C13H15NO.C9H7NO.C5H12/c2*1-2-3-10-14-12-7-5-4-6-11(12)8-9-13(14)15;11-9-6-5-7-3-1-2-4-8(7)10-9;1-3-5-4-2/h2*4-9H,2-3,10H2,1H3;1-6H,(H,10,11);3-5H2,1-2H3. The number of aryl methyl sites for hydroxylation is 2. The van der Waals surface area contributed by atoms with E-state index in [1.165, 1.54) is 25.3 Å². The van der Waals surface area contributed by atoms with Gasteiger partial charge in [-0.15, -0.1) is 0 Å². The summed E-state index contributed by atoms with van der Waals surface area (Å²) in [5, 5.41) is 3.33. The maximum absolute atomic E-state index is 11.7. The molecular formula is C40H49N3O3. The molecule has 6 nitrogen and oxygen atoms in total. The van der Waals surface area contributed by atoms with Crippen molar-refractivity contribution in [3.8, 4) is 0 Å². The van der Waals surface area contributed by atoms with Crippen LogP contribution in [0.3, 0.4) is 0 Å². The highest BCUT2D eigenvalue weighted by atomic mass is 16.1. The molecule has 0 aliphatic carbocycles.